The first-order chi connectivity index (χ1) is 9.33. The number of carbonyl (C=O) groups excluding carboxylic acids is 1. The molecule has 0 aromatic rings. The van der Waals surface area contributed by atoms with Crippen LogP contribution >= 0.6 is 0 Å². The molecule has 2 aliphatic carbocycles. The van der Waals surface area contributed by atoms with Crippen molar-refractivity contribution < 1.29 is 4.79 Å². The highest BCUT2D eigenvalue weighted by Crippen LogP contribution is 2.47. The Kier molecular flexibility index (Phi) is 6.40. The summed E-state index contributed by atoms with van der Waals surface area (Å²) in [4.78, 5) is 12.3. The number of unbranched alkanes of at least 4 members (excludes halogenated alkanes) is 6. The van der Waals surface area contributed by atoms with Gasteiger partial charge in [-0.15, -0.1) is 0 Å². The first kappa shape index (κ1) is 15.1. The van der Waals surface area contributed by atoms with E-state index in [9.17, 15) is 4.79 Å². The van der Waals surface area contributed by atoms with E-state index in [1.165, 1.54) is 83.5 Å². The van der Waals surface area contributed by atoms with E-state index in [4.69, 9.17) is 0 Å². The molecular weight excluding hydrogens is 232 g/mol. The first-order valence-corrected chi connectivity index (χ1v) is 8.86. The molecule has 0 unspecified atom stereocenters. The largest absolute Gasteiger partial charge is 0.299 e. The normalized spacial score (nSPS) is 30.6. The maximum absolute atomic E-state index is 12.3. The molecule has 0 spiro atoms. The lowest BCUT2D eigenvalue weighted by Gasteiger charge is -2.18. The molecule has 1 nitrogen and oxygen atoms in total. The molecule has 2 saturated carbocycles. The van der Waals surface area contributed by atoms with E-state index >= 15 is 0 Å². The highest BCUT2D eigenvalue weighted by molar-refractivity contribution is 5.86. The van der Waals surface area contributed by atoms with Crippen LogP contribution < -0.4 is 0 Å². The topological polar surface area (TPSA) is 17.1 Å². The average molecular weight is 264 g/mol. The molecule has 2 aliphatic rings. The van der Waals surface area contributed by atoms with Crippen LogP contribution in [-0.2, 0) is 4.79 Å². The minimum atomic E-state index is 0.436. The van der Waals surface area contributed by atoms with Crippen molar-refractivity contribution in [1.29, 1.82) is 0 Å². The first-order valence-electron chi connectivity index (χ1n) is 8.86. The summed E-state index contributed by atoms with van der Waals surface area (Å²) in [6, 6.07) is 0. The molecule has 0 aliphatic heterocycles. The van der Waals surface area contributed by atoms with Crippen LogP contribution in [0.1, 0.15) is 90.4 Å². The van der Waals surface area contributed by atoms with Gasteiger partial charge in [0.05, 0.1) is 0 Å². The number of hydrogen-bond donors (Lipinski definition) is 0. The van der Waals surface area contributed by atoms with E-state index in [-0.39, 0.29) is 0 Å². The van der Waals surface area contributed by atoms with Gasteiger partial charge in [-0.2, -0.15) is 0 Å². The molecule has 3 atom stereocenters. The van der Waals surface area contributed by atoms with Crippen LogP contribution in [0.4, 0.5) is 0 Å². The van der Waals surface area contributed by atoms with Crippen molar-refractivity contribution in [2.75, 3.05) is 0 Å². The van der Waals surface area contributed by atoms with Crippen molar-refractivity contribution in [2.45, 2.75) is 90.4 Å². The summed E-state index contributed by atoms with van der Waals surface area (Å²) < 4.78 is 0. The third-order valence-corrected chi connectivity index (χ3v) is 5.22. The van der Waals surface area contributed by atoms with Crippen molar-refractivity contribution >= 4 is 5.78 Å². The standard InChI is InChI=1S/C18H32O/c1-2-3-4-5-6-7-8-11-15-12-9-10-13-16-14-17(16)18(15)19/h15-17H,2-14H2,1H3/t15-,16+,17-/m1/s1. The number of carbonyl (C=O) groups is 1. The summed E-state index contributed by atoms with van der Waals surface area (Å²) in [5.41, 5.74) is 0. The molecule has 0 aromatic heterocycles. The Hall–Kier alpha value is -0.330. The fourth-order valence-corrected chi connectivity index (χ4v) is 3.79. The van der Waals surface area contributed by atoms with Gasteiger partial charge in [0, 0.05) is 11.8 Å². The summed E-state index contributed by atoms with van der Waals surface area (Å²) >= 11 is 0. The monoisotopic (exact) mass is 264 g/mol. The van der Waals surface area contributed by atoms with Gasteiger partial charge in [-0.1, -0.05) is 64.7 Å². The van der Waals surface area contributed by atoms with Gasteiger partial charge >= 0.3 is 0 Å². The molecule has 1 heteroatoms. The van der Waals surface area contributed by atoms with Crippen molar-refractivity contribution in [2.24, 2.45) is 17.8 Å². The molecular formula is C18H32O. The Morgan fingerprint density at radius 1 is 0.947 bits per heavy atom. The molecule has 110 valence electrons. The number of ketones is 1. The zero-order valence-electron chi connectivity index (χ0n) is 12.8. The lowest BCUT2D eigenvalue weighted by atomic mass is 9.86. The van der Waals surface area contributed by atoms with Crippen molar-refractivity contribution in [3.8, 4) is 0 Å². The van der Waals surface area contributed by atoms with Gasteiger partial charge in [-0.05, 0) is 31.6 Å². The molecule has 19 heavy (non-hydrogen) atoms. The fourth-order valence-electron chi connectivity index (χ4n) is 3.79. The van der Waals surface area contributed by atoms with Crippen LogP contribution in [-0.4, -0.2) is 5.78 Å². The van der Waals surface area contributed by atoms with E-state index in [1.807, 2.05) is 0 Å². The van der Waals surface area contributed by atoms with Gasteiger partial charge in [0.1, 0.15) is 5.78 Å². The Balaban J connectivity index is 1.57. The maximum Gasteiger partial charge on any atom is 0.139 e. The molecule has 2 fully saturated rings. The van der Waals surface area contributed by atoms with Crippen LogP contribution in [0.25, 0.3) is 0 Å². The summed E-state index contributed by atoms with van der Waals surface area (Å²) in [7, 11) is 0. The molecule has 0 bridgehead atoms. The molecule has 0 saturated heterocycles. The number of Topliss-reactive ketones (excluding diaryl/α,β-unsaturated/α-hetero) is 1. The summed E-state index contributed by atoms with van der Waals surface area (Å²) in [5.74, 6) is 2.38. The van der Waals surface area contributed by atoms with Crippen molar-refractivity contribution in [3.63, 3.8) is 0 Å². The summed E-state index contributed by atoms with van der Waals surface area (Å²) in [6.45, 7) is 2.27. The Labute approximate surface area is 119 Å². The second-order valence-corrected chi connectivity index (χ2v) is 6.90. The van der Waals surface area contributed by atoms with E-state index in [2.05, 4.69) is 6.92 Å². The van der Waals surface area contributed by atoms with Gasteiger partial charge in [-0.25, -0.2) is 0 Å². The zero-order valence-corrected chi connectivity index (χ0v) is 12.8. The second kappa shape index (κ2) is 8.07. The van der Waals surface area contributed by atoms with Crippen LogP contribution in [0.2, 0.25) is 0 Å². The van der Waals surface area contributed by atoms with Gasteiger partial charge in [-0.3, -0.25) is 4.79 Å². The Morgan fingerprint density at radius 3 is 2.42 bits per heavy atom. The quantitative estimate of drug-likeness (QED) is 0.527. The number of fused-ring (bicyclic) bond motifs is 1. The van der Waals surface area contributed by atoms with Crippen molar-refractivity contribution in [1.82, 2.24) is 0 Å². The third-order valence-electron chi connectivity index (χ3n) is 5.22. The predicted octanol–water partition coefficient (Wildman–Crippen LogP) is 5.52. The second-order valence-electron chi connectivity index (χ2n) is 6.90. The van der Waals surface area contributed by atoms with Crippen LogP contribution in [0, 0.1) is 17.8 Å². The lowest BCUT2D eigenvalue weighted by Crippen LogP contribution is -2.19. The SMILES string of the molecule is CCCCCCCCC[C@@H]1CCCC[C@H]2C[C@H]2C1=O. The highest BCUT2D eigenvalue weighted by Gasteiger charge is 2.45. The Bertz CT molecular complexity index is 271. The third kappa shape index (κ3) is 4.93. The number of rotatable bonds is 8. The predicted molar refractivity (Wildman–Crippen MR) is 81.2 cm³/mol. The van der Waals surface area contributed by atoms with Gasteiger partial charge in [0.2, 0.25) is 0 Å². The highest BCUT2D eigenvalue weighted by atomic mass is 16.1. The van der Waals surface area contributed by atoms with E-state index in [0.717, 1.165) is 5.92 Å². The van der Waals surface area contributed by atoms with Gasteiger partial charge < -0.3 is 0 Å². The van der Waals surface area contributed by atoms with Gasteiger partial charge in [0.25, 0.3) is 0 Å². The van der Waals surface area contributed by atoms with Crippen LogP contribution in [0.15, 0.2) is 0 Å². The van der Waals surface area contributed by atoms with Crippen LogP contribution in [0.5, 0.6) is 0 Å². The molecule has 0 heterocycles. The Morgan fingerprint density at radius 2 is 1.63 bits per heavy atom. The fraction of sp³-hybridized carbons (Fsp3) is 0.944. The van der Waals surface area contributed by atoms with E-state index in [0.29, 0.717) is 17.6 Å². The zero-order chi connectivity index (χ0) is 13.5. The smallest absolute Gasteiger partial charge is 0.139 e. The van der Waals surface area contributed by atoms with Crippen molar-refractivity contribution in [3.05, 3.63) is 0 Å². The summed E-state index contributed by atoms with van der Waals surface area (Å²) in [6.07, 6.45) is 17.2. The molecule has 2 rings (SSSR count). The van der Waals surface area contributed by atoms with Gasteiger partial charge in [0.15, 0.2) is 0 Å². The average Bonchev–Trinajstić information content (AvgIpc) is 3.16. The maximum atomic E-state index is 12.3. The number of hydrogen-bond acceptors (Lipinski definition) is 1. The summed E-state index contributed by atoms with van der Waals surface area (Å²) in [5, 5.41) is 0. The molecule has 0 aromatic carbocycles. The minimum Gasteiger partial charge on any atom is -0.299 e. The van der Waals surface area contributed by atoms with E-state index < -0.39 is 0 Å². The van der Waals surface area contributed by atoms with Crippen LogP contribution in [0.3, 0.4) is 0 Å². The molecule has 0 N–H and O–H groups in total. The lowest BCUT2D eigenvalue weighted by molar-refractivity contribution is -0.125. The molecule has 0 amide bonds. The molecule has 0 radical (unpaired) electrons. The minimum absolute atomic E-state index is 0.436. The van der Waals surface area contributed by atoms with E-state index in [1.54, 1.807) is 0 Å².